The van der Waals surface area contributed by atoms with Crippen LogP contribution in [-0.4, -0.2) is 16.2 Å². The van der Waals surface area contributed by atoms with Crippen molar-refractivity contribution < 1.29 is 9.47 Å². The third-order valence-corrected chi connectivity index (χ3v) is 5.61. The van der Waals surface area contributed by atoms with Crippen molar-refractivity contribution in [2.24, 2.45) is 0 Å². The number of rotatable bonds is 9. The molecule has 0 bridgehead atoms. The maximum atomic E-state index is 6.04. The minimum absolute atomic E-state index is 0.456. The van der Waals surface area contributed by atoms with E-state index >= 15 is 0 Å². The maximum Gasteiger partial charge on any atom is 0.147 e. The normalized spacial score (nSPS) is 11.1. The first kappa shape index (κ1) is 21.0. The molecule has 0 aliphatic rings. The summed E-state index contributed by atoms with van der Waals surface area (Å²) in [4.78, 5) is 4.82. The van der Waals surface area contributed by atoms with Gasteiger partial charge >= 0.3 is 0 Å². The van der Waals surface area contributed by atoms with Crippen LogP contribution < -0.4 is 9.47 Å². The van der Waals surface area contributed by atoms with Gasteiger partial charge in [-0.3, -0.25) is 0 Å². The van der Waals surface area contributed by atoms with Crippen molar-refractivity contribution in [1.82, 2.24) is 9.55 Å². The van der Waals surface area contributed by atoms with Gasteiger partial charge in [0.15, 0.2) is 0 Å². The molecule has 1 aromatic heterocycles. The minimum atomic E-state index is 0.456. The highest BCUT2D eigenvalue weighted by Gasteiger charge is 2.11. The SMILES string of the molecule is Cc1cccc(OCc2nc3ccccc3n2CCCCOc2ccc(C)c(C)c2)c1. The molecule has 0 saturated carbocycles. The Morgan fingerprint density at radius 2 is 1.61 bits per heavy atom. The van der Waals surface area contributed by atoms with Crippen molar-refractivity contribution in [1.29, 1.82) is 0 Å². The molecule has 0 unspecified atom stereocenters. The number of fused-ring (bicyclic) bond motifs is 1. The summed E-state index contributed by atoms with van der Waals surface area (Å²) in [7, 11) is 0. The van der Waals surface area contributed by atoms with E-state index in [4.69, 9.17) is 14.5 Å². The molecule has 4 heteroatoms. The average molecular weight is 415 g/mol. The second-order valence-corrected chi connectivity index (χ2v) is 8.08. The van der Waals surface area contributed by atoms with Crippen molar-refractivity contribution in [2.45, 2.75) is 46.8 Å². The molecule has 4 aromatic rings. The van der Waals surface area contributed by atoms with Crippen LogP contribution in [0.4, 0.5) is 0 Å². The van der Waals surface area contributed by atoms with E-state index in [-0.39, 0.29) is 0 Å². The van der Waals surface area contributed by atoms with Crippen LogP contribution in [0.1, 0.15) is 35.4 Å². The lowest BCUT2D eigenvalue weighted by Gasteiger charge is -2.12. The quantitative estimate of drug-likeness (QED) is 0.297. The van der Waals surface area contributed by atoms with Crippen LogP contribution in [0.2, 0.25) is 0 Å². The highest BCUT2D eigenvalue weighted by atomic mass is 16.5. The van der Waals surface area contributed by atoms with Crippen LogP contribution in [0.25, 0.3) is 11.0 Å². The maximum absolute atomic E-state index is 6.04. The summed E-state index contributed by atoms with van der Waals surface area (Å²) in [6.45, 7) is 8.37. The van der Waals surface area contributed by atoms with Crippen LogP contribution in [-0.2, 0) is 13.2 Å². The molecule has 4 rings (SSSR count). The Balaban J connectivity index is 1.37. The zero-order valence-corrected chi connectivity index (χ0v) is 18.6. The molecule has 0 atom stereocenters. The predicted molar refractivity (Wildman–Crippen MR) is 126 cm³/mol. The summed E-state index contributed by atoms with van der Waals surface area (Å²) < 4.78 is 14.3. The van der Waals surface area contributed by atoms with E-state index in [2.05, 4.69) is 67.8 Å². The molecule has 0 saturated heterocycles. The van der Waals surface area contributed by atoms with Gasteiger partial charge in [0, 0.05) is 6.54 Å². The Kier molecular flexibility index (Phi) is 6.56. The highest BCUT2D eigenvalue weighted by molar-refractivity contribution is 5.75. The van der Waals surface area contributed by atoms with Crippen molar-refractivity contribution >= 4 is 11.0 Å². The Bertz CT molecular complexity index is 1160. The lowest BCUT2D eigenvalue weighted by molar-refractivity contribution is 0.285. The first-order valence-electron chi connectivity index (χ1n) is 10.9. The smallest absolute Gasteiger partial charge is 0.147 e. The van der Waals surface area contributed by atoms with Gasteiger partial charge in [-0.1, -0.05) is 30.3 Å². The first-order chi connectivity index (χ1) is 15.1. The van der Waals surface area contributed by atoms with Gasteiger partial charge in [0.25, 0.3) is 0 Å². The first-order valence-corrected chi connectivity index (χ1v) is 10.9. The fourth-order valence-electron chi connectivity index (χ4n) is 3.70. The van der Waals surface area contributed by atoms with Gasteiger partial charge in [-0.15, -0.1) is 0 Å². The molecular formula is C27H30N2O2. The van der Waals surface area contributed by atoms with Crippen LogP contribution in [0.5, 0.6) is 11.5 Å². The van der Waals surface area contributed by atoms with E-state index in [9.17, 15) is 0 Å². The topological polar surface area (TPSA) is 36.3 Å². The molecule has 160 valence electrons. The van der Waals surface area contributed by atoms with E-state index in [0.29, 0.717) is 13.2 Å². The van der Waals surface area contributed by atoms with E-state index in [1.165, 1.54) is 16.7 Å². The van der Waals surface area contributed by atoms with Crippen molar-refractivity contribution in [3.05, 3.63) is 89.2 Å². The lowest BCUT2D eigenvalue weighted by Crippen LogP contribution is -2.09. The fraction of sp³-hybridized carbons (Fsp3) is 0.296. The zero-order valence-electron chi connectivity index (χ0n) is 18.6. The van der Waals surface area contributed by atoms with Crippen molar-refractivity contribution in [2.75, 3.05) is 6.61 Å². The Morgan fingerprint density at radius 3 is 2.45 bits per heavy atom. The molecule has 3 aromatic carbocycles. The van der Waals surface area contributed by atoms with Crippen LogP contribution in [0.15, 0.2) is 66.7 Å². The summed E-state index contributed by atoms with van der Waals surface area (Å²) >= 11 is 0. The molecule has 0 aliphatic carbocycles. The van der Waals surface area contributed by atoms with Gasteiger partial charge < -0.3 is 14.0 Å². The Labute approximate surface area is 184 Å². The van der Waals surface area contributed by atoms with Gasteiger partial charge in [0.2, 0.25) is 0 Å². The molecule has 0 aliphatic heterocycles. The van der Waals surface area contributed by atoms with E-state index in [0.717, 1.165) is 47.7 Å². The van der Waals surface area contributed by atoms with Crippen LogP contribution in [0, 0.1) is 20.8 Å². The predicted octanol–water partition coefficient (Wildman–Crippen LogP) is 6.40. The van der Waals surface area contributed by atoms with E-state index < -0.39 is 0 Å². The van der Waals surface area contributed by atoms with Crippen molar-refractivity contribution in [3.8, 4) is 11.5 Å². The van der Waals surface area contributed by atoms with Gasteiger partial charge in [0.05, 0.1) is 17.6 Å². The summed E-state index contributed by atoms with van der Waals surface area (Å²) in [5, 5.41) is 0. The third-order valence-electron chi connectivity index (χ3n) is 5.61. The molecule has 0 fully saturated rings. The molecule has 0 N–H and O–H groups in total. The van der Waals surface area contributed by atoms with Crippen molar-refractivity contribution in [3.63, 3.8) is 0 Å². The van der Waals surface area contributed by atoms with Gasteiger partial charge in [-0.2, -0.15) is 0 Å². The summed E-state index contributed by atoms with van der Waals surface area (Å²) in [6, 6.07) is 22.7. The molecule has 31 heavy (non-hydrogen) atoms. The Hall–Kier alpha value is -3.27. The third kappa shape index (κ3) is 5.26. The number of hydrogen-bond acceptors (Lipinski definition) is 3. The van der Waals surface area contributed by atoms with E-state index in [1.807, 2.05) is 24.3 Å². The number of hydrogen-bond donors (Lipinski definition) is 0. The highest BCUT2D eigenvalue weighted by Crippen LogP contribution is 2.20. The van der Waals surface area contributed by atoms with E-state index in [1.54, 1.807) is 0 Å². The molecule has 0 spiro atoms. The number of imidazole rings is 1. The summed E-state index contributed by atoms with van der Waals surface area (Å²) in [5.41, 5.74) is 5.91. The number of aromatic nitrogens is 2. The average Bonchev–Trinajstić information content (AvgIpc) is 3.12. The van der Waals surface area contributed by atoms with Crippen LogP contribution >= 0.6 is 0 Å². The number of para-hydroxylation sites is 2. The second-order valence-electron chi connectivity index (χ2n) is 8.08. The molecule has 1 heterocycles. The Morgan fingerprint density at radius 1 is 0.774 bits per heavy atom. The monoisotopic (exact) mass is 414 g/mol. The molecule has 4 nitrogen and oxygen atoms in total. The molecular weight excluding hydrogens is 384 g/mol. The number of benzene rings is 3. The summed E-state index contributed by atoms with van der Waals surface area (Å²) in [5.74, 6) is 2.78. The minimum Gasteiger partial charge on any atom is -0.494 e. The van der Waals surface area contributed by atoms with Gasteiger partial charge in [-0.05, 0) is 86.7 Å². The zero-order chi connectivity index (χ0) is 21.6. The number of nitrogens with zero attached hydrogens (tertiary/aromatic N) is 2. The fourth-order valence-corrected chi connectivity index (χ4v) is 3.70. The number of aryl methyl sites for hydroxylation is 4. The number of unbranched alkanes of at least 4 members (excludes halogenated alkanes) is 1. The standard InChI is InChI=1S/C27H30N2O2/c1-20-9-8-10-23(17-20)31-19-27-28-25-11-4-5-12-26(25)29(27)15-6-7-16-30-24-14-13-21(2)22(3)18-24/h4-5,8-14,17-18H,6-7,15-16,19H2,1-3H3. The summed E-state index contributed by atoms with van der Waals surface area (Å²) in [6.07, 6.45) is 2.00. The number of ether oxygens (including phenoxy) is 2. The lowest BCUT2D eigenvalue weighted by atomic mass is 10.1. The van der Waals surface area contributed by atoms with Gasteiger partial charge in [-0.25, -0.2) is 4.98 Å². The molecule has 0 radical (unpaired) electrons. The molecule has 0 amide bonds. The second kappa shape index (κ2) is 9.69. The van der Waals surface area contributed by atoms with Gasteiger partial charge in [0.1, 0.15) is 23.9 Å². The largest absolute Gasteiger partial charge is 0.494 e. The van der Waals surface area contributed by atoms with Crippen LogP contribution in [0.3, 0.4) is 0 Å².